The smallest absolute Gasteiger partial charge is 0.187 e. The Bertz CT molecular complexity index is 577. The van der Waals surface area contributed by atoms with E-state index in [0.717, 1.165) is 47.2 Å². The summed E-state index contributed by atoms with van der Waals surface area (Å²) in [5.41, 5.74) is 3.23. The van der Waals surface area contributed by atoms with Crippen molar-refractivity contribution in [3.63, 3.8) is 0 Å². The molecule has 0 aromatic carbocycles. The summed E-state index contributed by atoms with van der Waals surface area (Å²) in [6.45, 7) is 9.91. The molecule has 0 aliphatic rings. The third kappa shape index (κ3) is 4.55. The molecular formula is C16H24N4OS. The summed E-state index contributed by atoms with van der Waals surface area (Å²) in [5, 5.41) is 5.40. The van der Waals surface area contributed by atoms with Crippen molar-refractivity contribution in [1.29, 1.82) is 0 Å². The van der Waals surface area contributed by atoms with Crippen LogP contribution in [0.1, 0.15) is 42.8 Å². The predicted molar refractivity (Wildman–Crippen MR) is 88.8 cm³/mol. The summed E-state index contributed by atoms with van der Waals surface area (Å²) < 4.78 is 5.21. The second-order valence-electron chi connectivity index (χ2n) is 5.69. The van der Waals surface area contributed by atoms with Gasteiger partial charge in [-0.3, -0.25) is 4.90 Å². The first kappa shape index (κ1) is 17.0. The normalized spacial score (nSPS) is 12.8. The van der Waals surface area contributed by atoms with Crippen molar-refractivity contribution in [1.82, 2.24) is 20.0 Å². The van der Waals surface area contributed by atoms with Crippen molar-refractivity contribution in [3.8, 4) is 0 Å². The third-order valence-corrected chi connectivity index (χ3v) is 4.78. The van der Waals surface area contributed by atoms with E-state index in [9.17, 15) is 0 Å². The van der Waals surface area contributed by atoms with Crippen LogP contribution in [0.2, 0.25) is 0 Å². The minimum absolute atomic E-state index is 0.549. The Kier molecular flexibility index (Phi) is 5.97. The lowest BCUT2D eigenvalue weighted by Crippen LogP contribution is -2.18. The van der Waals surface area contributed by atoms with Gasteiger partial charge in [0.2, 0.25) is 0 Å². The second-order valence-corrected chi connectivity index (χ2v) is 7.09. The highest BCUT2D eigenvalue weighted by Crippen LogP contribution is 2.21. The Labute approximate surface area is 136 Å². The summed E-state index contributed by atoms with van der Waals surface area (Å²) in [6, 6.07) is 0. The zero-order valence-corrected chi connectivity index (χ0v) is 14.8. The number of hydrogen-bond acceptors (Lipinski definition) is 6. The lowest BCUT2D eigenvalue weighted by Gasteiger charge is -2.16. The predicted octanol–water partition coefficient (Wildman–Crippen LogP) is 3.60. The number of aromatic nitrogens is 3. The molecule has 2 aromatic heterocycles. The van der Waals surface area contributed by atoms with Gasteiger partial charge in [0.1, 0.15) is 5.76 Å². The molecule has 0 fully saturated rings. The van der Waals surface area contributed by atoms with Gasteiger partial charge in [-0.1, -0.05) is 30.8 Å². The van der Waals surface area contributed by atoms with Crippen LogP contribution in [-0.4, -0.2) is 32.3 Å². The molecule has 2 aromatic rings. The lowest BCUT2D eigenvalue weighted by molar-refractivity contribution is 0.314. The van der Waals surface area contributed by atoms with Crippen LogP contribution in [0.25, 0.3) is 0 Å². The molecule has 0 saturated carbocycles. The summed E-state index contributed by atoms with van der Waals surface area (Å²) >= 11 is 1.72. The fraction of sp³-hybridized carbons (Fsp3) is 0.562. The maximum absolute atomic E-state index is 5.21. The Morgan fingerprint density at radius 2 is 1.91 bits per heavy atom. The van der Waals surface area contributed by atoms with E-state index >= 15 is 0 Å². The van der Waals surface area contributed by atoms with Crippen molar-refractivity contribution in [2.75, 3.05) is 7.05 Å². The van der Waals surface area contributed by atoms with E-state index < -0.39 is 0 Å². The van der Waals surface area contributed by atoms with Crippen molar-refractivity contribution in [2.24, 2.45) is 0 Å². The number of aryl methyl sites for hydroxylation is 2. The minimum atomic E-state index is 0.549. The fourth-order valence-corrected chi connectivity index (χ4v) is 2.87. The molecule has 0 aliphatic carbocycles. The van der Waals surface area contributed by atoms with Gasteiger partial charge in [-0.15, -0.1) is 0 Å². The number of nitrogens with zero attached hydrogens (tertiary/aromatic N) is 4. The maximum atomic E-state index is 5.21. The zero-order chi connectivity index (χ0) is 16.1. The molecule has 0 bridgehead atoms. The standard InChI is InChI=1S/C16H24N4OS/c1-6-11(2)22-16-17-7-14(8-18-16)9-20(5)10-15-12(3)19-21-13(15)4/h7-8,11H,6,9-10H2,1-5H3/t11-/m1/s1. The molecule has 120 valence electrons. The molecule has 5 nitrogen and oxygen atoms in total. The monoisotopic (exact) mass is 320 g/mol. The topological polar surface area (TPSA) is 55.1 Å². The van der Waals surface area contributed by atoms with Crippen LogP contribution in [0.3, 0.4) is 0 Å². The van der Waals surface area contributed by atoms with Crippen molar-refractivity contribution in [2.45, 2.75) is 57.6 Å². The number of rotatable bonds is 7. The zero-order valence-electron chi connectivity index (χ0n) is 14.0. The highest BCUT2D eigenvalue weighted by atomic mass is 32.2. The summed E-state index contributed by atoms with van der Waals surface area (Å²) in [4.78, 5) is 11.1. The molecule has 0 amide bonds. The lowest BCUT2D eigenvalue weighted by atomic mass is 10.2. The molecule has 0 unspecified atom stereocenters. The molecule has 2 heterocycles. The second kappa shape index (κ2) is 7.74. The fourth-order valence-electron chi connectivity index (χ4n) is 2.11. The van der Waals surface area contributed by atoms with E-state index in [1.807, 2.05) is 26.2 Å². The molecule has 2 rings (SSSR count). The summed E-state index contributed by atoms with van der Waals surface area (Å²) in [6.07, 6.45) is 4.96. The SMILES string of the molecule is CC[C@@H](C)Sc1ncc(CN(C)Cc2c(C)noc2C)cn1. The van der Waals surface area contributed by atoms with Crippen molar-refractivity contribution < 1.29 is 4.52 Å². The van der Waals surface area contributed by atoms with Crippen LogP contribution < -0.4 is 0 Å². The first-order valence-corrected chi connectivity index (χ1v) is 8.45. The minimum Gasteiger partial charge on any atom is -0.361 e. The molecule has 0 radical (unpaired) electrons. The van der Waals surface area contributed by atoms with Crippen LogP contribution in [0.5, 0.6) is 0 Å². The van der Waals surface area contributed by atoms with E-state index in [1.54, 1.807) is 11.8 Å². The van der Waals surface area contributed by atoms with Crippen LogP contribution >= 0.6 is 11.8 Å². The van der Waals surface area contributed by atoms with Crippen molar-refractivity contribution in [3.05, 3.63) is 35.0 Å². The molecule has 0 spiro atoms. The molecule has 1 atom stereocenters. The molecule has 0 saturated heterocycles. The van der Waals surface area contributed by atoms with E-state index in [4.69, 9.17) is 4.52 Å². The van der Waals surface area contributed by atoms with Gasteiger partial charge in [0.05, 0.1) is 5.69 Å². The van der Waals surface area contributed by atoms with Gasteiger partial charge in [0, 0.05) is 41.9 Å². The molecular weight excluding hydrogens is 296 g/mol. The van der Waals surface area contributed by atoms with Crippen LogP contribution in [0.15, 0.2) is 22.1 Å². The Hall–Kier alpha value is -1.40. The third-order valence-electron chi connectivity index (χ3n) is 3.62. The van der Waals surface area contributed by atoms with E-state index in [2.05, 4.69) is 40.9 Å². The first-order chi connectivity index (χ1) is 10.5. The molecule has 0 aliphatic heterocycles. The highest BCUT2D eigenvalue weighted by molar-refractivity contribution is 7.99. The van der Waals surface area contributed by atoms with Gasteiger partial charge >= 0.3 is 0 Å². The van der Waals surface area contributed by atoms with Gasteiger partial charge < -0.3 is 4.52 Å². The largest absolute Gasteiger partial charge is 0.361 e. The molecule has 6 heteroatoms. The molecule has 22 heavy (non-hydrogen) atoms. The number of hydrogen-bond donors (Lipinski definition) is 0. The number of thioether (sulfide) groups is 1. The van der Waals surface area contributed by atoms with Crippen molar-refractivity contribution >= 4 is 11.8 Å². The Morgan fingerprint density at radius 3 is 2.45 bits per heavy atom. The quantitative estimate of drug-likeness (QED) is 0.574. The van der Waals surface area contributed by atoms with Gasteiger partial charge in [-0.05, 0) is 27.3 Å². The Balaban J connectivity index is 1.93. The van der Waals surface area contributed by atoms with Crippen LogP contribution in [-0.2, 0) is 13.1 Å². The maximum Gasteiger partial charge on any atom is 0.187 e. The average Bonchev–Trinajstić information content (AvgIpc) is 2.81. The highest BCUT2D eigenvalue weighted by Gasteiger charge is 2.12. The van der Waals surface area contributed by atoms with Crippen LogP contribution in [0.4, 0.5) is 0 Å². The van der Waals surface area contributed by atoms with Gasteiger partial charge in [-0.2, -0.15) is 0 Å². The van der Waals surface area contributed by atoms with Gasteiger partial charge in [0.25, 0.3) is 0 Å². The molecule has 0 N–H and O–H groups in total. The first-order valence-electron chi connectivity index (χ1n) is 7.57. The average molecular weight is 320 g/mol. The van der Waals surface area contributed by atoms with E-state index in [1.165, 1.54) is 0 Å². The van der Waals surface area contributed by atoms with Gasteiger partial charge in [0.15, 0.2) is 5.16 Å². The van der Waals surface area contributed by atoms with E-state index in [0.29, 0.717) is 5.25 Å². The van der Waals surface area contributed by atoms with E-state index in [-0.39, 0.29) is 0 Å². The van der Waals surface area contributed by atoms with Crippen LogP contribution in [0, 0.1) is 13.8 Å². The summed E-state index contributed by atoms with van der Waals surface area (Å²) in [7, 11) is 2.08. The summed E-state index contributed by atoms with van der Waals surface area (Å²) in [5.74, 6) is 0.890. The van der Waals surface area contributed by atoms with Gasteiger partial charge in [-0.25, -0.2) is 9.97 Å². The Morgan fingerprint density at radius 1 is 1.23 bits per heavy atom.